The second-order valence-corrected chi connectivity index (χ2v) is 22.5. The van der Waals surface area contributed by atoms with Crippen molar-refractivity contribution in [3.63, 3.8) is 0 Å². The number of rotatable bonds is 12. The molecule has 3 aromatic carbocycles. The highest BCUT2D eigenvalue weighted by Crippen LogP contribution is 2.49. The van der Waals surface area contributed by atoms with Gasteiger partial charge in [-0.3, -0.25) is 19.8 Å². The Morgan fingerprint density at radius 1 is 1.04 bits per heavy atom. The molecule has 2 aliphatic carbocycles. The molecule has 1 unspecified atom stereocenters. The number of pyridine rings is 1. The first-order chi connectivity index (χ1) is 33.0. The smallest absolute Gasteiger partial charge is 0.297 e. The van der Waals surface area contributed by atoms with Crippen molar-refractivity contribution >= 4 is 44.0 Å². The SMILES string of the molecule is CCc1nc2[nH]cc(F)c2cc1Oc1cc(N2CCC3(CC2)CN(C2CCC[C@H]2c2ccccc2C(C)C)C3)ccc1C(=O)NS(=O)(=O)c1cc2c(c([N+](=O)[O-])c1)N[C@@H]([C@H]1CC[C@](C)(O)CC1)CO2. The number of aromatic amines is 1. The molecule has 17 heteroatoms. The summed E-state index contributed by atoms with van der Waals surface area (Å²) in [5, 5.41) is 26.3. The number of likely N-dealkylation sites (tertiary alicyclic amines) is 1. The highest BCUT2D eigenvalue weighted by atomic mass is 32.2. The number of hydrogen-bond donors (Lipinski definition) is 4. The number of nitro groups is 1. The number of nitrogens with one attached hydrogen (secondary N) is 3. The molecule has 366 valence electrons. The van der Waals surface area contributed by atoms with E-state index >= 15 is 0 Å². The molecule has 2 saturated heterocycles. The molecule has 2 aromatic heterocycles. The fourth-order valence-corrected chi connectivity index (χ4v) is 12.9. The van der Waals surface area contributed by atoms with Crippen LogP contribution in [0.1, 0.15) is 124 Å². The van der Waals surface area contributed by atoms with Crippen molar-refractivity contribution < 1.29 is 37.1 Å². The lowest BCUT2D eigenvalue weighted by Gasteiger charge is -2.57. The molecule has 3 aliphatic heterocycles. The summed E-state index contributed by atoms with van der Waals surface area (Å²) in [5.74, 6) is -0.220. The Kier molecular flexibility index (Phi) is 12.4. The lowest BCUT2D eigenvalue weighted by molar-refractivity contribution is -0.384. The number of sulfonamides is 1. The number of nitro benzene ring substituents is 1. The van der Waals surface area contributed by atoms with Gasteiger partial charge in [0.15, 0.2) is 11.4 Å². The van der Waals surface area contributed by atoms with Crippen LogP contribution in [0.3, 0.4) is 0 Å². The number of H-pyrrole nitrogens is 1. The van der Waals surface area contributed by atoms with Crippen molar-refractivity contribution in [2.24, 2.45) is 11.3 Å². The van der Waals surface area contributed by atoms with Gasteiger partial charge < -0.3 is 29.8 Å². The van der Waals surface area contributed by atoms with Gasteiger partial charge in [0, 0.05) is 62.3 Å². The van der Waals surface area contributed by atoms with Crippen LogP contribution in [0.15, 0.2) is 71.8 Å². The third-order valence-corrected chi connectivity index (χ3v) is 17.2. The van der Waals surface area contributed by atoms with Crippen molar-refractivity contribution in [3.8, 4) is 17.2 Å². The van der Waals surface area contributed by atoms with E-state index in [1.165, 1.54) is 54.8 Å². The molecular weight excluding hydrogens is 902 g/mol. The maximum atomic E-state index is 14.9. The Morgan fingerprint density at radius 2 is 1.80 bits per heavy atom. The number of carbonyl (C=O) groups is 1. The van der Waals surface area contributed by atoms with Crippen LogP contribution in [0.25, 0.3) is 11.0 Å². The number of aliphatic hydroxyl groups is 1. The molecule has 1 amide bonds. The van der Waals surface area contributed by atoms with Gasteiger partial charge in [-0.2, -0.15) is 0 Å². The van der Waals surface area contributed by atoms with E-state index in [1.807, 2.05) is 6.92 Å². The van der Waals surface area contributed by atoms with E-state index in [0.717, 1.165) is 50.8 Å². The number of carbonyl (C=O) groups excluding carboxylic acids is 1. The third kappa shape index (κ3) is 9.13. The molecule has 4 fully saturated rings. The monoisotopic (exact) mass is 963 g/mol. The van der Waals surface area contributed by atoms with Gasteiger partial charge in [0.05, 0.1) is 38.1 Å². The van der Waals surface area contributed by atoms with Gasteiger partial charge in [0.2, 0.25) is 0 Å². The van der Waals surface area contributed by atoms with Crippen LogP contribution in [0.4, 0.5) is 21.5 Å². The van der Waals surface area contributed by atoms with Crippen molar-refractivity contribution in [1.29, 1.82) is 0 Å². The minimum Gasteiger partial charge on any atom is -0.489 e. The van der Waals surface area contributed by atoms with E-state index in [4.69, 9.17) is 9.47 Å². The summed E-state index contributed by atoms with van der Waals surface area (Å²) in [7, 11) is -4.73. The third-order valence-electron chi connectivity index (χ3n) is 15.9. The fourth-order valence-electron chi connectivity index (χ4n) is 11.9. The molecule has 5 aliphatic rings. The number of halogens is 1. The number of piperidine rings is 1. The first-order valence-corrected chi connectivity index (χ1v) is 26.1. The summed E-state index contributed by atoms with van der Waals surface area (Å²) in [6.07, 6.45) is 9.85. The highest BCUT2D eigenvalue weighted by molar-refractivity contribution is 7.90. The van der Waals surface area contributed by atoms with E-state index in [9.17, 15) is 32.8 Å². The van der Waals surface area contributed by atoms with Crippen LogP contribution in [-0.4, -0.2) is 89.7 Å². The number of hydrogen-bond acceptors (Lipinski definition) is 12. The Hall–Kier alpha value is -5.78. The largest absolute Gasteiger partial charge is 0.489 e. The van der Waals surface area contributed by atoms with E-state index in [1.54, 1.807) is 19.1 Å². The van der Waals surface area contributed by atoms with Crippen molar-refractivity contribution in [2.75, 3.05) is 43.0 Å². The molecule has 2 saturated carbocycles. The predicted octanol–water partition coefficient (Wildman–Crippen LogP) is 9.56. The van der Waals surface area contributed by atoms with E-state index < -0.39 is 42.9 Å². The van der Waals surface area contributed by atoms with Gasteiger partial charge in [-0.05, 0) is 117 Å². The van der Waals surface area contributed by atoms with E-state index in [0.29, 0.717) is 61.3 Å². The van der Waals surface area contributed by atoms with Crippen LogP contribution < -0.4 is 24.4 Å². The minimum absolute atomic E-state index is 0.0236. The number of amides is 1. The second-order valence-electron chi connectivity index (χ2n) is 20.8. The van der Waals surface area contributed by atoms with Crippen LogP contribution in [0.2, 0.25) is 0 Å². The molecule has 10 rings (SSSR count). The van der Waals surface area contributed by atoms with Gasteiger partial charge >= 0.3 is 0 Å². The second kappa shape index (κ2) is 18.2. The van der Waals surface area contributed by atoms with Crippen LogP contribution in [-0.2, 0) is 16.4 Å². The summed E-state index contributed by atoms with van der Waals surface area (Å²) in [4.78, 5) is 37.9. The van der Waals surface area contributed by atoms with Gasteiger partial charge in [0.1, 0.15) is 29.6 Å². The molecule has 1 spiro atoms. The molecule has 5 heterocycles. The average Bonchev–Trinajstić information content (AvgIpc) is 3.96. The topological polar surface area (TPSA) is 192 Å². The van der Waals surface area contributed by atoms with Gasteiger partial charge in [-0.15, -0.1) is 0 Å². The zero-order chi connectivity index (χ0) is 48.4. The Morgan fingerprint density at radius 3 is 2.52 bits per heavy atom. The quantitative estimate of drug-likeness (QED) is 0.0685. The lowest BCUT2D eigenvalue weighted by atomic mass is 9.70. The molecule has 69 heavy (non-hydrogen) atoms. The van der Waals surface area contributed by atoms with Crippen LogP contribution >= 0.6 is 0 Å². The summed E-state index contributed by atoms with van der Waals surface area (Å²) in [6.45, 7) is 12.1. The summed E-state index contributed by atoms with van der Waals surface area (Å²) >= 11 is 0. The first kappa shape index (κ1) is 46.9. The van der Waals surface area contributed by atoms with Gasteiger partial charge in [0.25, 0.3) is 21.6 Å². The number of aryl methyl sites for hydroxylation is 1. The standard InChI is InChI=1S/C52H62FN7O8S/c1-5-41-46(26-39-40(53)27-54-49(39)56-41)68-45-23-33(58-21-19-52(20-22-58)29-59(30-52)43-12-8-11-37(43)36-10-7-6-9-35(36)31(2)3)13-14-38(45)50(61)57-69(65,66)34-24-44(60(63)64)48-47(25-34)67-28-42(55-48)32-15-17-51(4,62)18-16-32/h6-7,9-10,13-14,23-27,31-32,37,42-43,55,62H,5,8,11-12,15-22,28-30H2,1-4H3,(H,54,56)(H,57,61)/t32-,37-,42+,43?,51-/m0/s1. The normalized spacial score (nSPS) is 24.7. The van der Waals surface area contributed by atoms with Gasteiger partial charge in [-0.25, -0.2) is 22.5 Å². The fraction of sp³-hybridized carbons (Fsp3) is 0.500. The molecule has 4 N–H and O–H groups in total. The predicted molar refractivity (Wildman–Crippen MR) is 262 cm³/mol. The Balaban J connectivity index is 0.883. The highest BCUT2D eigenvalue weighted by Gasteiger charge is 2.49. The minimum atomic E-state index is -4.73. The molecule has 0 bridgehead atoms. The van der Waals surface area contributed by atoms with Crippen LogP contribution in [0.5, 0.6) is 17.2 Å². The van der Waals surface area contributed by atoms with Crippen molar-refractivity contribution in [1.82, 2.24) is 19.6 Å². The average molecular weight is 964 g/mol. The lowest BCUT2D eigenvalue weighted by Crippen LogP contribution is -2.63. The summed E-state index contributed by atoms with van der Waals surface area (Å²) < 4.78 is 57.6. The van der Waals surface area contributed by atoms with Crippen LogP contribution in [0, 0.1) is 27.3 Å². The number of nitrogens with zero attached hydrogens (tertiary/aromatic N) is 4. The molecule has 15 nitrogen and oxygen atoms in total. The van der Waals surface area contributed by atoms with Crippen molar-refractivity contribution in [3.05, 3.63) is 105 Å². The zero-order valence-electron chi connectivity index (χ0n) is 39.7. The Bertz CT molecular complexity index is 2900. The number of anilines is 2. The number of benzene rings is 3. The molecule has 5 aromatic rings. The summed E-state index contributed by atoms with van der Waals surface area (Å²) in [5.41, 5.74) is 3.47. The Labute approximate surface area is 402 Å². The molecular formula is C52H62FN7O8S. The molecule has 3 atom stereocenters. The van der Waals surface area contributed by atoms with Crippen molar-refractivity contribution in [2.45, 2.75) is 126 Å². The first-order valence-electron chi connectivity index (χ1n) is 24.6. The number of aromatic nitrogens is 2. The van der Waals surface area contributed by atoms with E-state index in [2.05, 4.69) is 67.9 Å². The number of fused-ring (bicyclic) bond motifs is 2. The maximum absolute atomic E-state index is 14.9. The summed E-state index contributed by atoms with van der Waals surface area (Å²) in [6, 6.07) is 17.8. The molecule has 0 radical (unpaired) electrons. The maximum Gasteiger partial charge on any atom is 0.297 e. The van der Waals surface area contributed by atoms with Gasteiger partial charge in [-0.1, -0.05) is 51.5 Å². The van der Waals surface area contributed by atoms with E-state index in [-0.39, 0.29) is 57.9 Å². The number of ether oxygens (including phenoxy) is 2. The zero-order valence-corrected chi connectivity index (χ0v) is 40.5.